The Hall–Kier alpha value is -0.570. The number of carboxylic acids is 1. The van der Waals surface area contributed by atoms with Gasteiger partial charge in [0, 0.05) is 12.0 Å². The van der Waals surface area contributed by atoms with E-state index >= 15 is 0 Å². The van der Waals surface area contributed by atoms with Crippen LogP contribution in [0, 0.1) is 0 Å². The monoisotopic (exact) mass is 187 g/mol. The highest BCUT2D eigenvalue weighted by Gasteiger charge is 2.14. The van der Waals surface area contributed by atoms with Gasteiger partial charge < -0.3 is 10.4 Å². The molecule has 78 valence electrons. The van der Waals surface area contributed by atoms with Gasteiger partial charge in [0.15, 0.2) is 0 Å². The van der Waals surface area contributed by atoms with Gasteiger partial charge in [-0.05, 0) is 33.2 Å². The molecule has 0 amide bonds. The van der Waals surface area contributed by atoms with Gasteiger partial charge in [0.25, 0.3) is 0 Å². The van der Waals surface area contributed by atoms with Gasteiger partial charge in [-0.1, -0.05) is 13.3 Å². The van der Waals surface area contributed by atoms with E-state index in [-0.39, 0.29) is 12.0 Å². The fourth-order valence-electron chi connectivity index (χ4n) is 1.38. The lowest BCUT2D eigenvalue weighted by Crippen LogP contribution is -2.39. The summed E-state index contributed by atoms with van der Waals surface area (Å²) >= 11 is 0. The minimum Gasteiger partial charge on any atom is -0.481 e. The van der Waals surface area contributed by atoms with E-state index in [1.165, 1.54) is 0 Å². The summed E-state index contributed by atoms with van der Waals surface area (Å²) in [7, 11) is 0. The highest BCUT2D eigenvalue weighted by molar-refractivity contribution is 5.66. The van der Waals surface area contributed by atoms with Crippen LogP contribution in [0.1, 0.15) is 46.5 Å². The van der Waals surface area contributed by atoms with Crippen molar-refractivity contribution in [1.29, 1.82) is 0 Å². The molecule has 2 N–H and O–H groups in total. The Balaban J connectivity index is 3.45. The van der Waals surface area contributed by atoms with E-state index in [1.54, 1.807) is 0 Å². The largest absolute Gasteiger partial charge is 0.481 e. The van der Waals surface area contributed by atoms with Gasteiger partial charge in [-0.2, -0.15) is 0 Å². The summed E-state index contributed by atoms with van der Waals surface area (Å²) in [6.07, 6.45) is 3.25. The van der Waals surface area contributed by atoms with Crippen LogP contribution in [-0.4, -0.2) is 23.2 Å². The van der Waals surface area contributed by atoms with Crippen molar-refractivity contribution < 1.29 is 9.90 Å². The van der Waals surface area contributed by atoms with Crippen molar-refractivity contribution in [3.05, 3.63) is 0 Å². The Kier molecular flexibility index (Phi) is 5.71. The van der Waals surface area contributed by atoms with E-state index in [0.29, 0.717) is 6.42 Å². The molecule has 0 heterocycles. The average molecular weight is 187 g/mol. The number of hydrogen-bond acceptors (Lipinski definition) is 2. The molecule has 13 heavy (non-hydrogen) atoms. The normalized spacial score (nSPS) is 11.6. The molecule has 0 rings (SSSR count). The first-order chi connectivity index (χ1) is 5.98. The van der Waals surface area contributed by atoms with Crippen LogP contribution in [0.15, 0.2) is 0 Å². The van der Waals surface area contributed by atoms with Crippen LogP contribution in [0.4, 0.5) is 0 Å². The van der Waals surface area contributed by atoms with Crippen LogP contribution in [0.3, 0.4) is 0 Å². The summed E-state index contributed by atoms with van der Waals surface area (Å²) in [6, 6.07) is 0. The molecule has 0 aliphatic heterocycles. The topological polar surface area (TPSA) is 49.3 Å². The lowest BCUT2D eigenvalue weighted by molar-refractivity contribution is -0.137. The van der Waals surface area contributed by atoms with E-state index < -0.39 is 5.97 Å². The third-order valence-corrected chi connectivity index (χ3v) is 2.05. The van der Waals surface area contributed by atoms with Crippen LogP contribution < -0.4 is 5.32 Å². The predicted octanol–water partition coefficient (Wildman–Crippen LogP) is 2.02. The molecule has 0 aliphatic carbocycles. The number of nitrogens with one attached hydrogen (secondary N) is 1. The first-order valence-corrected chi connectivity index (χ1v) is 4.95. The molecule has 0 unspecified atom stereocenters. The highest BCUT2D eigenvalue weighted by atomic mass is 16.4. The smallest absolute Gasteiger partial charge is 0.303 e. The van der Waals surface area contributed by atoms with Crippen LogP contribution in [0.2, 0.25) is 0 Å². The van der Waals surface area contributed by atoms with E-state index in [4.69, 9.17) is 5.11 Å². The van der Waals surface area contributed by atoms with E-state index in [9.17, 15) is 4.79 Å². The third-order valence-electron chi connectivity index (χ3n) is 2.05. The molecule has 0 aromatic carbocycles. The first kappa shape index (κ1) is 12.4. The number of rotatable bonds is 7. The van der Waals surface area contributed by atoms with Crippen molar-refractivity contribution in [3.63, 3.8) is 0 Å². The van der Waals surface area contributed by atoms with E-state index in [1.807, 2.05) is 0 Å². The van der Waals surface area contributed by atoms with Gasteiger partial charge in [-0.3, -0.25) is 4.79 Å². The fourth-order valence-corrected chi connectivity index (χ4v) is 1.38. The van der Waals surface area contributed by atoms with Crippen LogP contribution in [0.5, 0.6) is 0 Å². The zero-order valence-electron chi connectivity index (χ0n) is 8.89. The Morgan fingerprint density at radius 1 is 1.46 bits per heavy atom. The van der Waals surface area contributed by atoms with Crippen molar-refractivity contribution in [2.24, 2.45) is 0 Å². The van der Waals surface area contributed by atoms with Crippen molar-refractivity contribution in [3.8, 4) is 0 Å². The molecule has 0 bridgehead atoms. The molecule has 0 saturated heterocycles. The molecule has 0 aliphatic rings. The zero-order valence-corrected chi connectivity index (χ0v) is 8.89. The number of carboxylic acid groups (broad SMARTS) is 1. The Morgan fingerprint density at radius 2 is 2.08 bits per heavy atom. The maximum atomic E-state index is 10.2. The molecular formula is C10H21NO2. The minimum atomic E-state index is -0.713. The second-order valence-electron chi connectivity index (χ2n) is 4.06. The standard InChI is InChI=1S/C10H21NO2/c1-4-7-10(2,3)11-8-5-6-9(12)13/h11H,4-8H2,1-3H3,(H,12,13). The van der Waals surface area contributed by atoms with Crippen molar-refractivity contribution >= 4 is 5.97 Å². The molecule has 0 fully saturated rings. The van der Waals surface area contributed by atoms with Crippen LogP contribution in [0.25, 0.3) is 0 Å². The van der Waals surface area contributed by atoms with Gasteiger partial charge in [0.1, 0.15) is 0 Å². The Bertz CT molecular complexity index is 155. The lowest BCUT2D eigenvalue weighted by Gasteiger charge is -2.25. The zero-order chi connectivity index (χ0) is 10.3. The third kappa shape index (κ3) is 7.78. The molecule has 3 nitrogen and oxygen atoms in total. The molecule has 0 aromatic heterocycles. The van der Waals surface area contributed by atoms with Gasteiger partial charge in [-0.15, -0.1) is 0 Å². The summed E-state index contributed by atoms with van der Waals surface area (Å²) in [5, 5.41) is 11.8. The molecule has 0 saturated carbocycles. The van der Waals surface area contributed by atoms with Crippen LogP contribution >= 0.6 is 0 Å². The number of aliphatic carboxylic acids is 1. The molecular weight excluding hydrogens is 166 g/mol. The van der Waals surface area contributed by atoms with Gasteiger partial charge in [0.2, 0.25) is 0 Å². The summed E-state index contributed by atoms with van der Waals surface area (Å²) in [6.45, 7) is 7.24. The van der Waals surface area contributed by atoms with E-state index in [0.717, 1.165) is 19.4 Å². The lowest BCUT2D eigenvalue weighted by atomic mass is 9.99. The van der Waals surface area contributed by atoms with Crippen molar-refractivity contribution in [2.45, 2.75) is 52.0 Å². The first-order valence-electron chi connectivity index (χ1n) is 4.95. The van der Waals surface area contributed by atoms with Crippen molar-refractivity contribution in [2.75, 3.05) is 6.54 Å². The predicted molar refractivity (Wildman–Crippen MR) is 53.9 cm³/mol. The maximum absolute atomic E-state index is 10.2. The maximum Gasteiger partial charge on any atom is 0.303 e. The van der Waals surface area contributed by atoms with Crippen LogP contribution in [-0.2, 0) is 4.79 Å². The van der Waals surface area contributed by atoms with E-state index in [2.05, 4.69) is 26.1 Å². The quantitative estimate of drug-likeness (QED) is 0.599. The molecule has 0 radical (unpaired) electrons. The molecule has 0 spiro atoms. The Morgan fingerprint density at radius 3 is 2.54 bits per heavy atom. The molecule has 3 heteroatoms. The second-order valence-corrected chi connectivity index (χ2v) is 4.06. The fraction of sp³-hybridized carbons (Fsp3) is 0.900. The van der Waals surface area contributed by atoms with Gasteiger partial charge >= 0.3 is 5.97 Å². The number of hydrogen-bond donors (Lipinski definition) is 2. The number of carbonyl (C=O) groups is 1. The summed E-state index contributed by atoms with van der Waals surface area (Å²) in [5.41, 5.74) is 0.146. The summed E-state index contributed by atoms with van der Waals surface area (Å²) < 4.78 is 0. The van der Waals surface area contributed by atoms with Gasteiger partial charge in [-0.25, -0.2) is 0 Å². The molecule has 0 atom stereocenters. The van der Waals surface area contributed by atoms with Gasteiger partial charge in [0.05, 0.1) is 0 Å². The van der Waals surface area contributed by atoms with Crippen molar-refractivity contribution in [1.82, 2.24) is 5.32 Å². The average Bonchev–Trinajstić information content (AvgIpc) is 1.98. The minimum absolute atomic E-state index is 0.146. The molecule has 0 aromatic rings. The highest BCUT2D eigenvalue weighted by Crippen LogP contribution is 2.10. The second kappa shape index (κ2) is 5.97. The SMILES string of the molecule is CCCC(C)(C)NCCCC(=O)O. The summed E-state index contributed by atoms with van der Waals surface area (Å²) in [4.78, 5) is 10.2. The summed E-state index contributed by atoms with van der Waals surface area (Å²) in [5.74, 6) is -0.713. The Labute approximate surface area is 80.5 Å².